The van der Waals surface area contributed by atoms with Gasteiger partial charge < -0.3 is 19.0 Å². The van der Waals surface area contributed by atoms with Crippen molar-refractivity contribution in [3.63, 3.8) is 0 Å². The molecule has 1 fully saturated rings. The van der Waals surface area contributed by atoms with Crippen molar-refractivity contribution in [3.05, 3.63) is 52.1 Å². The van der Waals surface area contributed by atoms with Crippen molar-refractivity contribution in [2.45, 2.75) is 6.92 Å². The molecule has 10 nitrogen and oxygen atoms in total. The maximum absolute atomic E-state index is 10.8. The number of nitrogens with one attached hydrogen (secondary N) is 1. The van der Waals surface area contributed by atoms with Crippen LogP contribution in [0.1, 0.15) is 12.5 Å². The number of nitrogens with zero attached hydrogens (tertiary/aromatic N) is 5. The van der Waals surface area contributed by atoms with Crippen molar-refractivity contribution in [3.8, 4) is 10.8 Å². The summed E-state index contributed by atoms with van der Waals surface area (Å²) in [7, 11) is 0. The standard InChI is InChI=1S/C19H20N6O4S/c1-2-28-17(20)13-3-5-14(6-4-13)23-9-11-24(12-10-23)19-22-21-18(30-19)15-7-8-16(29-15)25(26)27/h3-8,20H,2,9-12H2,1H3. The van der Waals surface area contributed by atoms with E-state index in [0.29, 0.717) is 17.4 Å². The van der Waals surface area contributed by atoms with E-state index >= 15 is 0 Å². The second-order valence-electron chi connectivity index (χ2n) is 6.57. The number of nitro groups is 1. The third kappa shape index (κ3) is 4.10. The van der Waals surface area contributed by atoms with Gasteiger partial charge in [0.05, 0.1) is 12.7 Å². The molecule has 0 aliphatic carbocycles. The Kier molecular flexibility index (Phi) is 5.61. The molecule has 0 amide bonds. The zero-order chi connectivity index (χ0) is 21.1. The fraction of sp³-hybridized carbons (Fsp3) is 0.316. The summed E-state index contributed by atoms with van der Waals surface area (Å²) in [4.78, 5) is 14.6. The average molecular weight is 428 g/mol. The number of piperazine rings is 1. The van der Waals surface area contributed by atoms with Crippen LogP contribution in [0.3, 0.4) is 0 Å². The number of aromatic nitrogens is 2. The highest BCUT2D eigenvalue weighted by Gasteiger charge is 2.22. The third-order valence-corrected chi connectivity index (χ3v) is 5.73. The topological polar surface area (TPSA) is 122 Å². The van der Waals surface area contributed by atoms with Crippen molar-refractivity contribution in [1.29, 1.82) is 5.41 Å². The van der Waals surface area contributed by atoms with Crippen molar-refractivity contribution < 1.29 is 14.1 Å². The zero-order valence-electron chi connectivity index (χ0n) is 16.3. The molecular weight excluding hydrogens is 408 g/mol. The van der Waals surface area contributed by atoms with Gasteiger partial charge in [-0.25, -0.2) is 0 Å². The van der Waals surface area contributed by atoms with Crippen LogP contribution in [0.15, 0.2) is 40.8 Å². The van der Waals surface area contributed by atoms with Gasteiger partial charge in [-0.3, -0.25) is 15.5 Å². The molecule has 3 aromatic rings. The Morgan fingerprint density at radius 3 is 2.50 bits per heavy atom. The smallest absolute Gasteiger partial charge is 0.433 e. The van der Waals surface area contributed by atoms with E-state index in [0.717, 1.165) is 42.6 Å². The van der Waals surface area contributed by atoms with Crippen molar-refractivity contribution in [2.75, 3.05) is 42.6 Å². The van der Waals surface area contributed by atoms with Crippen LogP contribution in [-0.2, 0) is 4.74 Å². The van der Waals surface area contributed by atoms with Gasteiger partial charge in [-0.1, -0.05) is 11.3 Å². The molecule has 0 bridgehead atoms. The normalized spacial score (nSPS) is 14.0. The van der Waals surface area contributed by atoms with Crippen LogP contribution < -0.4 is 9.80 Å². The fourth-order valence-electron chi connectivity index (χ4n) is 3.19. The lowest BCUT2D eigenvalue weighted by molar-refractivity contribution is -0.401. The number of hydrogen-bond acceptors (Lipinski definition) is 10. The van der Waals surface area contributed by atoms with E-state index in [2.05, 4.69) is 20.0 Å². The van der Waals surface area contributed by atoms with Gasteiger partial charge in [-0.05, 0) is 37.3 Å². The maximum Gasteiger partial charge on any atom is 0.433 e. The minimum absolute atomic E-state index is 0.183. The summed E-state index contributed by atoms with van der Waals surface area (Å²) in [6.45, 7) is 5.55. The first-order chi connectivity index (χ1) is 14.5. The van der Waals surface area contributed by atoms with E-state index in [1.807, 2.05) is 31.2 Å². The van der Waals surface area contributed by atoms with Gasteiger partial charge >= 0.3 is 5.88 Å². The summed E-state index contributed by atoms with van der Waals surface area (Å²) in [5, 5.41) is 28.3. The molecule has 1 saturated heterocycles. The Bertz CT molecular complexity index is 1040. The van der Waals surface area contributed by atoms with Crippen LogP contribution in [0, 0.1) is 15.5 Å². The number of anilines is 2. The van der Waals surface area contributed by atoms with Gasteiger partial charge in [0, 0.05) is 37.4 Å². The molecule has 1 N–H and O–H groups in total. The second-order valence-corrected chi connectivity index (χ2v) is 7.52. The summed E-state index contributed by atoms with van der Waals surface area (Å²) in [5.74, 6) is 0.224. The highest BCUT2D eigenvalue weighted by atomic mass is 32.1. The largest absolute Gasteiger partial charge is 0.478 e. The molecule has 1 aliphatic rings. The Balaban J connectivity index is 1.37. The number of benzene rings is 1. The number of ether oxygens (including phenoxy) is 1. The first-order valence-electron chi connectivity index (χ1n) is 9.45. The highest BCUT2D eigenvalue weighted by Crippen LogP contribution is 2.32. The minimum Gasteiger partial charge on any atom is -0.478 e. The molecule has 4 rings (SSSR count). The van der Waals surface area contributed by atoms with Crippen molar-refractivity contribution in [2.24, 2.45) is 0 Å². The molecule has 2 aromatic heterocycles. The SMILES string of the molecule is CCOC(=N)c1ccc(N2CCN(c3nnc(-c4ccc([N+](=O)[O-])o4)s3)CC2)cc1. The predicted octanol–water partition coefficient (Wildman–Crippen LogP) is 3.39. The Labute approximate surface area is 176 Å². The summed E-state index contributed by atoms with van der Waals surface area (Å²) in [6, 6.07) is 10.7. The Hall–Kier alpha value is -3.47. The molecule has 0 spiro atoms. The quantitative estimate of drug-likeness (QED) is 0.274. The third-order valence-electron chi connectivity index (χ3n) is 4.73. The lowest BCUT2D eigenvalue weighted by Gasteiger charge is -2.35. The summed E-state index contributed by atoms with van der Waals surface area (Å²) >= 11 is 1.36. The zero-order valence-corrected chi connectivity index (χ0v) is 17.1. The molecule has 11 heteroatoms. The summed E-state index contributed by atoms with van der Waals surface area (Å²) in [5.41, 5.74) is 1.86. The summed E-state index contributed by atoms with van der Waals surface area (Å²) < 4.78 is 10.4. The lowest BCUT2D eigenvalue weighted by Crippen LogP contribution is -2.46. The molecule has 0 radical (unpaired) electrons. The first kappa shape index (κ1) is 19.8. The first-order valence-corrected chi connectivity index (χ1v) is 10.3. The number of hydrogen-bond donors (Lipinski definition) is 1. The minimum atomic E-state index is -0.573. The van der Waals surface area contributed by atoms with E-state index in [4.69, 9.17) is 14.6 Å². The molecule has 0 atom stereocenters. The Morgan fingerprint density at radius 1 is 1.17 bits per heavy atom. The predicted molar refractivity (Wildman–Crippen MR) is 114 cm³/mol. The highest BCUT2D eigenvalue weighted by molar-refractivity contribution is 7.18. The monoisotopic (exact) mass is 428 g/mol. The van der Waals surface area contributed by atoms with Crippen LogP contribution >= 0.6 is 11.3 Å². The van der Waals surface area contributed by atoms with Crippen LogP contribution in [0.4, 0.5) is 16.7 Å². The Morgan fingerprint density at radius 2 is 1.87 bits per heavy atom. The van der Waals surface area contributed by atoms with Crippen LogP contribution in [-0.4, -0.2) is 53.8 Å². The number of furan rings is 1. The van der Waals surface area contributed by atoms with Gasteiger partial charge in [-0.15, -0.1) is 10.2 Å². The van der Waals surface area contributed by atoms with Crippen molar-refractivity contribution >= 4 is 33.9 Å². The van der Waals surface area contributed by atoms with Gasteiger partial charge in [0.15, 0.2) is 10.8 Å². The van der Waals surface area contributed by atoms with Crippen molar-refractivity contribution in [1.82, 2.24) is 10.2 Å². The molecule has 30 heavy (non-hydrogen) atoms. The van der Waals surface area contributed by atoms with Gasteiger partial charge in [-0.2, -0.15) is 0 Å². The van der Waals surface area contributed by atoms with E-state index in [-0.39, 0.29) is 11.8 Å². The molecule has 1 aromatic carbocycles. The van der Waals surface area contributed by atoms with E-state index in [9.17, 15) is 10.1 Å². The molecular formula is C19H20N6O4S. The van der Waals surface area contributed by atoms with Crippen LogP contribution in [0.25, 0.3) is 10.8 Å². The second kappa shape index (κ2) is 8.49. The molecule has 156 valence electrons. The van der Waals surface area contributed by atoms with E-state index in [1.54, 1.807) is 0 Å². The molecule has 1 aliphatic heterocycles. The van der Waals surface area contributed by atoms with Gasteiger partial charge in [0.25, 0.3) is 0 Å². The molecule has 3 heterocycles. The van der Waals surface area contributed by atoms with Crippen LogP contribution in [0.5, 0.6) is 0 Å². The van der Waals surface area contributed by atoms with E-state index < -0.39 is 4.92 Å². The van der Waals surface area contributed by atoms with Gasteiger partial charge in [0.2, 0.25) is 11.0 Å². The lowest BCUT2D eigenvalue weighted by atomic mass is 10.2. The number of rotatable bonds is 6. The fourth-order valence-corrected chi connectivity index (χ4v) is 4.05. The summed E-state index contributed by atoms with van der Waals surface area (Å²) in [6.07, 6.45) is 0. The van der Waals surface area contributed by atoms with Crippen LogP contribution in [0.2, 0.25) is 0 Å². The average Bonchev–Trinajstić information content (AvgIpc) is 3.44. The van der Waals surface area contributed by atoms with Gasteiger partial charge in [0.1, 0.15) is 4.92 Å². The van der Waals surface area contributed by atoms with E-state index in [1.165, 1.54) is 23.5 Å². The molecule has 0 unspecified atom stereocenters. The molecule has 0 saturated carbocycles. The maximum atomic E-state index is 10.8.